The fourth-order valence-corrected chi connectivity index (χ4v) is 6.24. The highest BCUT2D eigenvalue weighted by Gasteiger charge is 2.18. The molecule has 1 amide bonds. The van der Waals surface area contributed by atoms with Crippen molar-refractivity contribution < 1.29 is 24.2 Å². The highest BCUT2D eigenvalue weighted by atomic mass is 16.5. The Morgan fingerprint density at radius 3 is 1.56 bits per heavy atom. The van der Waals surface area contributed by atoms with Crippen LogP contribution < -0.4 is 11.1 Å². The van der Waals surface area contributed by atoms with E-state index < -0.39 is 12.0 Å². The van der Waals surface area contributed by atoms with Gasteiger partial charge in [0.2, 0.25) is 5.91 Å². The van der Waals surface area contributed by atoms with Crippen LogP contribution in [0.1, 0.15) is 213 Å². The van der Waals surface area contributed by atoms with E-state index in [-0.39, 0.29) is 18.0 Å². The molecule has 0 saturated carbocycles. The predicted molar refractivity (Wildman–Crippen MR) is 211 cm³/mol. The zero-order valence-electron chi connectivity index (χ0n) is 32.7. The van der Waals surface area contributed by atoms with E-state index in [2.05, 4.69) is 43.5 Å². The fourth-order valence-electron chi connectivity index (χ4n) is 6.24. The molecule has 0 aromatic carbocycles. The molecule has 0 radical (unpaired) electrons. The standard InChI is InChI=1S/C43H80N2O5/c1-3-5-7-9-11-13-14-15-16-17-18-19-21-27-31-37-42(47)50-39(33-28-24-20-12-10-8-6-4-2)34-29-25-22-23-26-30-36-41(46)45-40(43(48)49)35-32-38-44/h15-16,28,33,39-40H,3-14,17-27,29-32,34-38,44H2,1-2H3,(H,45,46)(H,48,49)/b16-15-,33-28-. The van der Waals surface area contributed by atoms with Crippen LogP contribution >= 0.6 is 0 Å². The van der Waals surface area contributed by atoms with Gasteiger partial charge in [-0.05, 0) is 89.7 Å². The van der Waals surface area contributed by atoms with E-state index in [1.54, 1.807) is 0 Å². The van der Waals surface area contributed by atoms with Gasteiger partial charge in [-0.15, -0.1) is 0 Å². The van der Waals surface area contributed by atoms with Crippen molar-refractivity contribution in [3.63, 3.8) is 0 Å². The highest BCUT2D eigenvalue weighted by molar-refractivity contribution is 5.83. The van der Waals surface area contributed by atoms with Crippen molar-refractivity contribution in [2.24, 2.45) is 5.73 Å². The summed E-state index contributed by atoms with van der Waals surface area (Å²) in [4.78, 5) is 36.2. The summed E-state index contributed by atoms with van der Waals surface area (Å²) in [6, 6.07) is -0.852. The number of nitrogens with one attached hydrogen (secondary N) is 1. The van der Waals surface area contributed by atoms with E-state index in [1.165, 1.54) is 109 Å². The van der Waals surface area contributed by atoms with E-state index in [0.29, 0.717) is 32.2 Å². The van der Waals surface area contributed by atoms with E-state index in [1.807, 2.05) is 0 Å². The number of hydrogen-bond donors (Lipinski definition) is 3. The first-order chi connectivity index (χ1) is 24.4. The minimum Gasteiger partial charge on any atom is -0.480 e. The lowest BCUT2D eigenvalue weighted by molar-refractivity contribution is -0.147. The molecule has 0 aliphatic rings. The lowest BCUT2D eigenvalue weighted by atomic mass is 10.0. The summed E-state index contributed by atoms with van der Waals surface area (Å²) < 4.78 is 5.95. The Morgan fingerprint density at radius 2 is 1.04 bits per heavy atom. The quantitative estimate of drug-likeness (QED) is 0.0334. The summed E-state index contributed by atoms with van der Waals surface area (Å²) in [5, 5.41) is 11.9. The number of carboxylic acid groups (broad SMARTS) is 1. The maximum absolute atomic E-state index is 12.7. The molecule has 0 heterocycles. The van der Waals surface area contributed by atoms with Gasteiger partial charge in [0.05, 0.1) is 0 Å². The third-order valence-corrected chi connectivity index (χ3v) is 9.47. The largest absolute Gasteiger partial charge is 0.480 e. The zero-order valence-corrected chi connectivity index (χ0v) is 32.7. The molecule has 0 aliphatic carbocycles. The van der Waals surface area contributed by atoms with Crippen LogP contribution in [-0.2, 0) is 19.1 Å². The Morgan fingerprint density at radius 1 is 0.580 bits per heavy atom. The Labute approximate surface area is 308 Å². The molecule has 7 nitrogen and oxygen atoms in total. The van der Waals surface area contributed by atoms with Gasteiger partial charge in [-0.3, -0.25) is 9.59 Å². The van der Waals surface area contributed by atoms with Crippen molar-refractivity contribution in [3.05, 3.63) is 24.3 Å². The normalized spacial score (nSPS) is 12.9. The molecule has 0 aromatic rings. The molecular weight excluding hydrogens is 624 g/mol. The topological polar surface area (TPSA) is 119 Å². The van der Waals surface area contributed by atoms with E-state index in [0.717, 1.165) is 64.2 Å². The lowest BCUT2D eigenvalue weighted by Gasteiger charge is -2.15. The summed E-state index contributed by atoms with van der Waals surface area (Å²) in [7, 11) is 0. The van der Waals surface area contributed by atoms with Crippen molar-refractivity contribution in [3.8, 4) is 0 Å². The number of aliphatic carboxylic acids is 1. The molecule has 0 aromatic heterocycles. The molecule has 0 bridgehead atoms. The highest BCUT2D eigenvalue weighted by Crippen LogP contribution is 2.16. The number of rotatable bonds is 38. The Balaban J connectivity index is 4.25. The SMILES string of the molecule is CCCCCCCC/C=C\CCCCCCCC(=O)OC(/C=C\CCCCCCCC)CCCCCCCCC(=O)NC(CCCN)C(=O)O. The average Bonchev–Trinajstić information content (AvgIpc) is 3.10. The maximum Gasteiger partial charge on any atom is 0.326 e. The van der Waals surface area contributed by atoms with Crippen LogP contribution in [-0.4, -0.2) is 41.6 Å². The molecule has 2 unspecified atom stereocenters. The number of nitrogens with two attached hydrogens (primary N) is 1. The number of amides is 1. The molecule has 2 atom stereocenters. The molecule has 7 heteroatoms. The lowest BCUT2D eigenvalue weighted by Crippen LogP contribution is -2.40. The Kier molecular flexibility index (Phi) is 36.5. The van der Waals surface area contributed by atoms with Crippen LogP contribution in [0.4, 0.5) is 0 Å². The third kappa shape index (κ3) is 34.3. The smallest absolute Gasteiger partial charge is 0.326 e. The number of carboxylic acids is 1. The minimum absolute atomic E-state index is 0.0664. The summed E-state index contributed by atoms with van der Waals surface area (Å²) in [6.07, 6.45) is 42.4. The third-order valence-electron chi connectivity index (χ3n) is 9.47. The molecule has 0 spiro atoms. The molecule has 50 heavy (non-hydrogen) atoms. The van der Waals surface area contributed by atoms with Gasteiger partial charge in [-0.2, -0.15) is 0 Å². The second-order valence-corrected chi connectivity index (χ2v) is 14.4. The maximum atomic E-state index is 12.7. The molecular formula is C43H80N2O5. The number of unbranched alkanes of at least 4 members (excludes halogenated alkanes) is 22. The van der Waals surface area contributed by atoms with Crippen molar-refractivity contribution in [1.82, 2.24) is 5.32 Å². The number of ether oxygens (including phenoxy) is 1. The van der Waals surface area contributed by atoms with E-state index >= 15 is 0 Å². The first-order valence-electron chi connectivity index (χ1n) is 21.2. The van der Waals surface area contributed by atoms with Crippen molar-refractivity contribution in [2.75, 3.05) is 6.54 Å². The molecule has 0 rings (SSSR count). The van der Waals surface area contributed by atoms with Gasteiger partial charge in [0.15, 0.2) is 0 Å². The van der Waals surface area contributed by atoms with Crippen molar-refractivity contribution in [2.45, 2.75) is 225 Å². The van der Waals surface area contributed by atoms with E-state index in [9.17, 15) is 19.5 Å². The number of carbonyl (C=O) groups excluding carboxylic acids is 2. The summed E-state index contributed by atoms with van der Waals surface area (Å²) in [5.74, 6) is -1.27. The molecule has 0 saturated heterocycles. The molecule has 0 fully saturated rings. The fraction of sp³-hybridized carbons (Fsp3) is 0.837. The van der Waals surface area contributed by atoms with Crippen LogP contribution in [0.25, 0.3) is 0 Å². The van der Waals surface area contributed by atoms with Gasteiger partial charge in [0.1, 0.15) is 12.1 Å². The monoisotopic (exact) mass is 705 g/mol. The van der Waals surface area contributed by atoms with Crippen LogP contribution in [0.2, 0.25) is 0 Å². The number of hydrogen-bond acceptors (Lipinski definition) is 5. The summed E-state index contributed by atoms with van der Waals surface area (Å²) in [6.45, 7) is 4.92. The molecule has 4 N–H and O–H groups in total. The van der Waals surface area contributed by atoms with Gasteiger partial charge >= 0.3 is 11.9 Å². The Bertz CT molecular complexity index is 843. The minimum atomic E-state index is -1.00. The summed E-state index contributed by atoms with van der Waals surface area (Å²) in [5.41, 5.74) is 5.47. The van der Waals surface area contributed by atoms with Crippen LogP contribution in [0.3, 0.4) is 0 Å². The second-order valence-electron chi connectivity index (χ2n) is 14.4. The first kappa shape index (κ1) is 47.8. The van der Waals surface area contributed by atoms with E-state index in [4.69, 9.17) is 10.5 Å². The van der Waals surface area contributed by atoms with Gasteiger partial charge in [0, 0.05) is 12.8 Å². The van der Waals surface area contributed by atoms with Crippen LogP contribution in [0, 0.1) is 0 Å². The number of allylic oxidation sites excluding steroid dienone is 3. The molecule has 0 aliphatic heterocycles. The van der Waals surface area contributed by atoms with Crippen molar-refractivity contribution >= 4 is 17.8 Å². The van der Waals surface area contributed by atoms with Crippen LogP contribution in [0.15, 0.2) is 24.3 Å². The average molecular weight is 705 g/mol. The van der Waals surface area contributed by atoms with Gasteiger partial charge in [0.25, 0.3) is 0 Å². The second kappa shape index (κ2) is 38.1. The van der Waals surface area contributed by atoms with Gasteiger partial charge in [-0.25, -0.2) is 4.79 Å². The van der Waals surface area contributed by atoms with Crippen LogP contribution in [0.5, 0.6) is 0 Å². The summed E-state index contributed by atoms with van der Waals surface area (Å²) >= 11 is 0. The Hall–Kier alpha value is -2.15. The van der Waals surface area contributed by atoms with Gasteiger partial charge < -0.3 is 20.9 Å². The number of carbonyl (C=O) groups is 3. The number of esters is 1. The first-order valence-corrected chi connectivity index (χ1v) is 21.2. The zero-order chi connectivity index (χ0) is 36.8. The van der Waals surface area contributed by atoms with Gasteiger partial charge in [-0.1, -0.05) is 141 Å². The predicted octanol–water partition coefficient (Wildman–Crippen LogP) is 11.7. The molecule has 292 valence electrons. The van der Waals surface area contributed by atoms with Crippen molar-refractivity contribution in [1.29, 1.82) is 0 Å².